The first kappa shape index (κ1) is 33.8. The van der Waals surface area contributed by atoms with Gasteiger partial charge in [-0.05, 0) is 80.6 Å². The highest BCUT2D eigenvalue weighted by molar-refractivity contribution is 5.82. The van der Waals surface area contributed by atoms with Gasteiger partial charge in [0, 0.05) is 25.0 Å². The van der Waals surface area contributed by atoms with Gasteiger partial charge < -0.3 is 31.3 Å². The molecule has 11 nitrogen and oxygen atoms in total. The number of carbonyl (C=O) groups excluding carboxylic acids is 2. The average molecular weight is 517 g/mol. The number of hydrogen-bond donors (Lipinski definition) is 6. The topological polar surface area (TPSA) is 180 Å². The van der Waals surface area contributed by atoms with Gasteiger partial charge >= 0.3 is 11.9 Å². The summed E-state index contributed by atoms with van der Waals surface area (Å²) in [5, 5.41) is 26.8. The average Bonchev–Trinajstić information content (AvgIpc) is 2.73. The number of nitrogens with one attached hydrogen (secondary N) is 3. The molecule has 2 atom stereocenters. The Bertz CT molecular complexity index is 732. The third-order valence-electron chi connectivity index (χ3n) is 5.60. The molecule has 0 aromatic rings. The Morgan fingerprint density at radius 1 is 0.861 bits per heavy atom. The van der Waals surface area contributed by atoms with Crippen molar-refractivity contribution in [3.8, 4) is 0 Å². The van der Waals surface area contributed by atoms with Crippen LogP contribution in [0.2, 0.25) is 0 Å². The van der Waals surface area contributed by atoms with Crippen molar-refractivity contribution >= 4 is 23.8 Å². The molecule has 0 spiro atoms. The van der Waals surface area contributed by atoms with E-state index in [1.54, 1.807) is 13.8 Å². The quantitative estimate of drug-likeness (QED) is 0.148. The van der Waals surface area contributed by atoms with Crippen LogP contribution >= 0.6 is 0 Å². The molecule has 0 aliphatic rings. The molecule has 0 radical (unpaired) electrons. The predicted molar refractivity (Wildman–Crippen MR) is 137 cm³/mol. The number of amides is 2. The van der Waals surface area contributed by atoms with E-state index in [0.29, 0.717) is 38.8 Å². The summed E-state index contributed by atoms with van der Waals surface area (Å²) in [6.45, 7) is 13.9. The Labute approximate surface area is 215 Å². The van der Waals surface area contributed by atoms with Crippen molar-refractivity contribution in [3.05, 3.63) is 0 Å². The van der Waals surface area contributed by atoms with Crippen molar-refractivity contribution < 1.29 is 34.1 Å². The zero-order valence-corrected chi connectivity index (χ0v) is 23.0. The predicted octanol–water partition coefficient (Wildman–Crippen LogP) is 1.63. The normalized spacial score (nSPS) is 14.1. The molecule has 0 aromatic heterocycles. The second-order valence-electron chi connectivity index (χ2n) is 11.6. The monoisotopic (exact) mass is 516 g/mol. The van der Waals surface area contributed by atoms with Gasteiger partial charge in [0.2, 0.25) is 11.8 Å². The van der Waals surface area contributed by atoms with Gasteiger partial charge in [-0.25, -0.2) is 0 Å². The molecule has 0 aliphatic heterocycles. The van der Waals surface area contributed by atoms with Crippen LogP contribution < -0.4 is 21.7 Å². The highest BCUT2D eigenvalue weighted by Crippen LogP contribution is 2.22. The van der Waals surface area contributed by atoms with Crippen LogP contribution in [0.1, 0.15) is 87.0 Å². The summed E-state index contributed by atoms with van der Waals surface area (Å²) in [5.41, 5.74) is 3.73. The minimum absolute atomic E-state index is 0.0940. The molecule has 0 heterocycles. The highest BCUT2D eigenvalue weighted by Gasteiger charge is 2.31. The Morgan fingerprint density at radius 3 is 2.00 bits per heavy atom. The number of carbonyl (C=O) groups is 4. The van der Waals surface area contributed by atoms with Crippen molar-refractivity contribution in [1.82, 2.24) is 16.0 Å². The molecule has 0 bridgehead atoms. The number of carboxylic acids is 2. The first-order valence-corrected chi connectivity index (χ1v) is 12.5. The second-order valence-corrected chi connectivity index (χ2v) is 11.6. The van der Waals surface area contributed by atoms with Crippen molar-refractivity contribution in [1.29, 1.82) is 0 Å². The highest BCUT2D eigenvalue weighted by atomic mass is 16.5. The minimum atomic E-state index is -1.03. The van der Waals surface area contributed by atoms with Gasteiger partial charge in [0.25, 0.3) is 0 Å². The molecule has 0 aliphatic carbocycles. The first-order chi connectivity index (χ1) is 16.4. The van der Waals surface area contributed by atoms with E-state index in [4.69, 9.17) is 15.6 Å². The van der Waals surface area contributed by atoms with E-state index in [-0.39, 0.29) is 36.8 Å². The molecule has 0 fully saturated rings. The lowest BCUT2D eigenvalue weighted by molar-refractivity contribution is -0.140. The lowest BCUT2D eigenvalue weighted by Crippen LogP contribution is -2.48. The van der Waals surface area contributed by atoms with Crippen molar-refractivity contribution in [2.45, 2.75) is 110 Å². The Hall–Kier alpha value is -2.24. The van der Waals surface area contributed by atoms with Gasteiger partial charge in [0.15, 0.2) is 0 Å². The van der Waals surface area contributed by atoms with Crippen LogP contribution in [0, 0.1) is 5.41 Å². The van der Waals surface area contributed by atoms with Crippen LogP contribution in [0.5, 0.6) is 0 Å². The van der Waals surface area contributed by atoms with Gasteiger partial charge in [-0.15, -0.1) is 0 Å². The standard InChI is InChI=1S/C25H48N4O7/c1-23(2,3)29-18(21(33)34)11-12-19(30)27-15-13-25(6,7)36-16-24(4,5)22(35)28-14-9-8-10-17(26)20(31)32/h17-18,29H,8-16,26H2,1-7H3,(H,27,30)(H,28,35)(H,31,32)(H,33,34). The molecule has 0 rings (SSSR count). The van der Waals surface area contributed by atoms with E-state index >= 15 is 0 Å². The van der Waals surface area contributed by atoms with Crippen LogP contribution in [0.4, 0.5) is 0 Å². The fourth-order valence-electron chi connectivity index (χ4n) is 3.21. The fourth-order valence-corrected chi connectivity index (χ4v) is 3.21. The summed E-state index contributed by atoms with van der Waals surface area (Å²) in [4.78, 5) is 46.8. The number of ether oxygens (including phenoxy) is 1. The maximum absolute atomic E-state index is 12.5. The summed E-state index contributed by atoms with van der Waals surface area (Å²) in [5.74, 6) is -2.40. The number of rotatable bonds is 18. The van der Waals surface area contributed by atoms with E-state index in [1.165, 1.54) is 0 Å². The van der Waals surface area contributed by atoms with Gasteiger partial charge in [0.05, 0.1) is 17.6 Å². The van der Waals surface area contributed by atoms with Gasteiger partial charge in [0.1, 0.15) is 12.1 Å². The van der Waals surface area contributed by atoms with Crippen LogP contribution in [0.15, 0.2) is 0 Å². The molecule has 0 aromatic carbocycles. The molecule has 36 heavy (non-hydrogen) atoms. The van der Waals surface area contributed by atoms with Crippen molar-refractivity contribution in [3.63, 3.8) is 0 Å². The Morgan fingerprint density at radius 2 is 1.47 bits per heavy atom. The molecule has 0 saturated heterocycles. The first-order valence-electron chi connectivity index (χ1n) is 12.5. The number of aliphatic carboxylic acids is 2. The Kier molecular flexibility index (Phi) is 14.2. The largest absolute Gasteiger partial charge is 0.480 e. The lowest BCUT2D eigenvalue weighted by atomic mass is 9.92. The fraction of sp³-hybridized carbons (Fsp3) is 0.840. The zero-order chi connectivity index (χ0) is 28.2. The molecular weight excluding hydrogens is 468 g/mol. The summed E-state index contributed by atoms with van der Waals surface area (Å²) in [6.07, 6.45) is 2.39. The SMILES string of the molecule is CC(C)(C)NC(CCC(=O)NCCC(C)(C)OCC(C)(C)C(=O)NCCCCC(N)C(=O)O)C(=O)O. The molecule has 11 heteroatoms. The van der Waals surface area contributed by atoms with Gasteiger partial charge in [-0.2, -0.15) is 0 Å². The molecular formula is C25H48N4O7. The van der Waals surface area contributed by atoms with E-state index in [9.17, 15) is 24.3 Å². The third-order valence-corrected chi connectivity index (χ3v) is 5.60. The van der Waals surface area contributed by atoms with Crippen LogP contribution in [-0.4, -0.2) is 76.9 Å². The summed E-state index contributed by atoms with van der Waals surface area (Å²) in [6, 6.07) is -1.68. The molecule has 7 N–H and O–H groups in total. The Balaban J connectivity index is 4.34. The molecule has 0 saturated carbocycles. The number of carboxylic acid groups (broad SMARTS) is 2. The maximum atomic E-state index is 12.5. The smallest absolute Gasteiger partial charge is 0.320 e. The summed E-state index contributed by atoms with van der Waals surface area (Å²) < 4.78 is 5.99. The number of hydrogen-bond acceptors (Lipinski definition) is 7. The zero-order valence-electron chi connectivity index (χ0n) is 23.0. The van der Waals surface area contributed by atoms with Crippen LogP contribution in [0.25, 0.3) is 0 Å². The third kappa shape index (κ3) is 15.7. The van der Waals surface area contributed by atoms with Crippen LogP contribution in [-0.2, 0) is 23.9 Å². The number of nitrogens with two attached hydrogens (primary N) is 1. The molecule has 2 unspecified atom stereocenters. The van der Waals surface area contributed by atoms with Gasteiger partial charge in [-0.1, -0.05) is 0 Å². The van der Waals surface area contributed by atoms with Gasteiger partial charge in [-0.3, -0.25) is 24.5 Å². The molecule has 2 amide bonds. The van der Waals surface area contributed by atoms with Crippen LogP contribution in [0.3, 0.4) is 0 Å². The van der Waals surface area contributed by atoms with E-state index in [0.717, 1.165) is 0 Å². The maximum Gasteiger partial charge on any atom is 0.320 e. The lowest BCUT2D eigenvalue weighted by Gasteiger charge is -2.31. The summed E-state index contributed by atoms with van der Waals surface area (Å²) >= 11 is 0. The van der Waals surface area contributed by atoms with E-state index in [2.05, 4.69) is 16.0 Å². The molecule has 210 valence electrons. The number of unbranched alkanes of at least 4 members (excludes halogenated alkanes) is 1. The second kappa shape index (κ2) is 15.1. The van der Waals surface area contributed by atoms with E-state index in [1.807, 2.05) is 34.6 Å². The van der Waals surface area contributed by atoms with E-state index < -0.39 is 35.0 Å². The summed E-state index contributed by atoms with van der Waals surface area (Å²) in [7, 11) is 0. The minimum Gasteiger partial charge on any atom is -0.480 e. The van der Waals surface area contributed by atoms with Crippen molar-refractivity contribution in [2.24, 2.45) is 11.1 Å². The van der Waals surface area contributed by atoms with Crippen molar-refractivity contribution in [2.75, 3.05) is 19.7 Å².